The fourth-order valence-electron chi connectivity index (χ4n) is 4.99. The van der Waals surface area contributed by atoms with Crippen molar-refractivity contribution in [3.63, 3.8) is 0 Å². The molecule has 2 aromatic heterocycles. The van der Waals surface area contributed by atoms with E-state index in [2.05, 4.69) is 5.10 Å². The standard InChI is InChI=1S/C26H28N4O2/c1-17-13-15-19(16-14-17)30-26(32)24-22(20-11-7-8-12-21(20)29(24)3)23(27-30)25(31)28(2)18-9-5-4-6-10-18/h7-8,11-16,18H,4-6,9-10H2,1-3H3. The van der Waals surface area contributed by atoms with Crippen LogP contribution in [0.15, 0.2) is 53.3 Å². The molecule has 2 heterocycles. The molecule has 1 aliphatic rings. The molecular formula is C26H28N4O2. The molecule has 5 rings (SSSR count). The number of benzene rings is 2. The molecule has 0 atom stereocenters. The van der Waals surface area contributed by atoms with Crippen LogP contribution < -0.4 is 5.56 Å². The highest BCUT2D eigenvalue weighted by molar-refractivity contribution is 6.16. The average Bonchev–Trinajstić information content (AvgIpc) is 3.13. The first-order chi connectivity index (χ1) is 15.5. The van der Waals surface area contributed by atoms with Gasteiger partial charge in [0.15, 0.2) is 5.69 Å². The number of fused-ring (bicyclic) bond motifs is 3. The van der Waals surface area contributed by atoms with E-state index in [0.29, 0.717) is 22.3 Å². The lowest BCUT2D eigenvalue weighted by molar-refractivity contribution is 0.0690. The van der Waals surface area contributed by atoms with E-state index >= 15 is 0 Å². The second-order valence-corrected chi connectivity index (χ2v) is 8.91. The van der Waals surface area contributed by atoms with Crippen molar-refractivity contribution in [2.75, 3.05) is 7.05 Å². The minimum Gasteiger partial charge on any atom is -0.339 e. The van der Waals surface area contributed by atoms with Crippen LogP contribution in [-0.4, -0.2) is 38.2 Å². The lowest BCUT2D eigenvalue weighted by Crippen LogP contribution is -2.39. The first-order valence-corrected chi connectivity index (χ1v) is 11.3. The van der Waals surface area contributed by atoms with Crippen molar-refractivity contribution in [3.05, 3.63) is 70.1 Å². The largest absolute Gasteiger partial charge is 0.339 e. The van der Waals surface area contributed by atoms with Crippen molar-refractivity contribution in [1.82, 2.24) is 19.2 Å². The van der Waals surface area contributed by atoms with Gasteiger partial charge in [0.1, 0.15) is 5.52 Å². The Morgan fingerprint density at radius 3 is 2.44 bits per heavy atom. The maximum Gasteiger partial charge on any atom is 0.296 e. The zero-order valence-corrected chi connectivity index (χ0v) is 18.8. The molecule has 0 radical (unpaired) electrons. The highest BCUT2D eigenvalue weighted by atomic mass is 16.2. The van der Waals surface area contributed by atoms with Gasteiger partial charge in [-0.1, -0.05) is 55.2 Å². The number of amides is 1. The van der Waals surface area contributed by atoms with Gasteiger partial charge in [-0.05, 0) is 38.0 Å². The Morgan fingerprint density at radius 1 is 1.03 bits per heavy atom. The predicted octanol–water partition coefficient (Wildman–Crippen LogP) is 4.59. The minimum atomic E-state index is -0.223. The number of carbonyl (C=O) groups excluding carboxylic acids is 1. The zero-order valence-electron chi connectivity index (χ0n) is 18.8. The van der Waals surface area contributed by atoms with Crippen LogP contribution in [0.5, 0.6) is 0 Å². The quantitative estimate of drug-likeness (QED) is 0.479. The van der Waals surface area contributed by atoms with Gasteiger partial charge in [-0.2, -0.15) is 9.78 Å². The smallest absolute Gasteiger partial charge is 0.296 e. The number of hydrogen-bond acceptors (Lipinski definition) is 3. The van der Waals surface area contributed by atoms with E-state index in [4.69, 9.17) is 0 Å². The van der Waals surface area contributed by atoms with Crippen molar-refractivity contribution < 1.29 is 4.79 Å². The average molecular weight is 429 g/mol. The van der Waals surface area contributed by atoms with Crippen LogP contribution in [0.25, 0.3) is 27.5 Å². The van der Waals surface area contributed by atoms with Gasteiger partial charge in [-0.25, -0.2) is 0 Å². The third kappa shape index (κ3) is 3.22. The molecule has 1 aliphatic carbocycles. The third-order valence-electron chi connectivity index (χ3n) is 6.86. The van der Waals surface area contributed by atoms with E-state index in [1.54, 1.807) is 0 Å². The number of rotatable bonds is 3. The van der Waals surface area contributed by atoms with Gasteiger partial charge in [-0.3, -0.25) is 9.59 Å². The van der Waals surface area contributed by atoms with Crippen molar-refractivity contribution in [2.24, 2.45) is 7.05 Å². The van der Waals surface area contributed by atoms with E-state index in [1.807, 2.05) is 79.0 Å². The van der Waals surface area contributed by atoms with Gasteiger partial charge in [0.05, 0.1) is 5.69 Å². The summed E-state index contributed by atoms with van der Waals surface area (Å²) >= 11 is 0. The number of nitrogens with zero attached hydrogens (tertiary/aromatic N) is 4. The van der Waals surface area contributed by atoms with Crippen LogP contribution in [0.1, 0.15) is 48.2 Å². The molecule has 32 heavy (non-hydrogen) atoms. The summed E-state index contributed by atoms with van der Waals surface area (Å²) in [5.41, 5.74) is 3.28. The second-order valence-electron chi connectivity index (χ2n) is 8.91. The summed E-state index contributed by atoms with van der Waals surface area (Å²) in [7, 11) is 3.75. The Labute approximate surface area is 187 Å². The Hall–Kier alpha value is -3.41. The lowest BCUT2D eigenvalue weighted by Gasteiger charge is -2.31. The topological polar surface area (TPSA) is 60.1 Å². The first kappa shape index (κ1) is 20.5. The van der Waals surface area contributed by atoms with E-state index in [1.165, 1.54) is 11.1 Å². The van der Waals surface area contributed by atoms with Crippen molar-refractivity contribution in [2.45, 2.75) is 45.1 Å². The van der Waals surface area contributed by atoms with Gasteiger partial charge < -0.3 is 9.47 Å². The maximum atomic E-state index is 13.8. The molecule has 2 aromatic carbocycles. The van der Waals surface area contributed by atoms with Crippen molar-refractivity contribution >= 4 is 27.7 Å². The highest BCUT2D eigenvalue weighted by Gasteiger charge is 2.29. The van der Waals surface area contributed by atoms with Crippen molar-refractivity contribution in [3.8, 4) is 5.69 Å². The molecule has 1 amide bonds. The highest BCUT2D eigenvalue weighted by Crippen LogP contribution is 2.30. The molecule has 0 N–H and O–H groups in total. The zero-order chi connectivity index (χ0) is 22.4. The summed E-state index contributed by atoms with van der Waals surface area (Å²) in [5, 5.41) is 6.20. The van der Waals surface area contributed by atoms with E-state index in [9.17, 15) is 9.59 Å². The van der Waals surface area contributed by atoms with Crippen molar-refractivity contribution in [1.29, 1.82) is 0 Å². The van der Waals surface area contributed by atoms with Crippen LogP contribution >= 0.6 is 0 Å². The molecule has 6 heteroatoms. The lowest BCUT2D eigenvalue weighted by atomic mass is 9.94. The van der Waals surface area contributed by atoms with Crippen LogP contribution in [0.2, 0.25) is 0 Å². The van der Waals surface area contributed by atoms with Gasteiger partial charge in [0, 0.05) is 36.4 Å². The molecule has 0 unspecified atom stereocenters. The molecule has 6 nitrogen and oxygen atoms in total. The predicted molar refractivity (Wildman–Crippen MR) is 128 cm³/mol. The fourth-order valence-corrected chi connectivity index (χ4v) is 4.99. The van der Waals surface area contributed by atoms with Gasteiger partial charge in [0.25, 0.3) is 11.5 Å². The Kier molecular flexibility index (Phi) is 5.08. The fraction of sp³-hybridized carbons (Fsp3) is 0.346. The van der Waals surface area contributed by atoms with Crippen LogP contribution in [-0.2, 0) is 7.05 Å². The SMILES string of the molecule is Cc1ccc(-n2nc(C(=O)N(C)C3CCCCC3)c3c4ccccc4n(C)c3c2=O)cc1. The maximum absolute atomic E-state index is 13.8. The van der Waals surface area contributed by atoms with Gasteiger partial charge >= 0.3 is 0 Å². The molecule has 0 spiro atoms. The number of hydrogen-bond donors (Lipinski definition) is 0. The monoisotopic (exact) mass is 428 g/mol. The van der Waals surface area contributed by atoms with Gasteiger partial charge in [0.2, 0.25) is 0 Å². The van der Waals surface area contributed by atoms with E-state index in [0.717, 1.165) is 42.1 Å². The number of aryl methyl sites for hydroxylation is 2. The number of aromatic nitrogens is 3. The summed E-state index contributed by atoms with van der Waals surface area (Å²) < 4.78 is 3.26. The number of para-hydroxylation sites is 1. The molecule has 0 saturated heterocycles. The minimum absolute atomic E-state index is 0.126. The van der Waals surface area contributed by atoms with Crippen LogP contribution in [0.4, 0.5) is 0 Å². The van der Waals surface area contributed by atoms with Crippen LogP contribution in [0, 0.1) is 6.92 Å². The molecule has 0 aliphatic heterocycles. The molecule has 1 saturated carbocycles. The molecule has 1 fully saturated rings. The summed E-state index contributed by atoms with van der Waals surface area (Å²) in [6.07, 6.45) is 5.53. The normalized spacial score (nSPS) is 14.8. The molecule has 4 aromatic rings. The Morgan fingerprint density at radius 2 is 1.72 bits per heavy atom. The molecule has 0 bridgehead atoms. The van der Waals surface area contributed by atoms with Gasteiger partial charge in [-0.15, -0.1) is 0 Å². The first-order valence-electron chi connectivity index (χ1n) is 11.3. The number of carbonyl (C=O) groups is 1. The van der Waals surface area contributed by atoms with E-state index in [-0.39, 0.29) is 17.5 Å². The van der Waals surface area contributed by atoms with Crippen LogP contribution in [0.3, 0.4) is 0 Å². The third-order valence-corrected chi connectivity index (χ3v) is 6.86. The molecular weight excluding hydrogens is 400 g/mol. The summed E-state index contributed by atoms with van der Waals surface area (Å²) in [6.45, 7) is 2.00. The summed E-state index contributed by atoms with van der Waals surface area (Å²) in [5.74, 6) is -0.126. The second kappa shape index (κ2) is 7.93. The summed E-state index contributed by atoms with van der Waals surface area (Å²) in [4.78, 5) is 29.2. The Bertz CT molecular complexity index is 1380. The summed E-state index contributed by atoms with van der Waals surface area (Å²) in [6, 6.07) is 15.7. The van der Waals surface area contributed by atoms with E-state index < -0.39 is 0 Å². The molecule has 164 valence electrons. The Balaban J connectivity index is 1.79.